The second kappa shape index (κ2) is 7.60. The van der Waals surface area contributed by atoms with E-state index in [4.69, 9.17) is 17.3 Å². The van der Waals surface area contributed by atoms with Crippen LogP contribution in [-0.2, 0) is 0 Å². The van der Waals surface area contributed by atoms with Gasteiger partial charge in [0.2, 0.25) is 0 Å². The lowest BCUT2D eigenvalue weighted by Gasteiger charge is -2.23. The van der Waals surface area contributed by atoms with Crippen LogP contribution in [0.1, 0.15) is 34.6 Å². The van der Waals surface area contributed by atoms with Crippen LogP contribution < -0.4 is 5.73 Å². The minimum atomic E-state index is 0. The Morgan fingerprint density at radius 3 is 2.58 bits per heavy atom. The Bertz CT molecular complexity index is 725. The molecule has 3 rings (SSSR count). The predicted octanol–water partition coefficient (Wildman–Crippen LogP) is 3.73. The van der Waals surface area contributed by atoms with Gasteiger partial charge in [-0.05, 0) is 57.0 Å². The molecule has 1 atom stereocenters. The predicted molar refractivity (Wildman–Crippen MR) is 101 cm³/mol. The third-order valence-corrected chi connectivity index (χ3v) is 4.91. The molecule has 2 N–H and O–H groups in total. The number of hydrogen-bond donors (Lipinski definition) is 1. The molecule has 130 valence electrons. The molecule has 1 aromatic heterocycles. The standard InChI is InChI=1S/C18H22ClN3O.ClH/c1-12-10-17(18(23)21-9-3-4-16(21)11-20)13(2)22(12)15-7-5-14(19)6-8-15;/h5-8,10,16H,3-4,9,11,20H2,1-2H3;1H. The van der Waals surface area contributed by atoms with Gasteiger partial charge in [0.25, 0.3) is 5.91 Å². The fourth-order valence-electron chi connectivity index (χ4n) is 3.47. The first-order valence-electron chi connectivity index (χ1n) is 7.99. The van der Waals surface area contributed by atoms with Gasteiger partial charge in [-0.2, -0.15) is 0 Å². The van der Waals surface area contributed by atoms with Crippen molar-refractivity contribution in [1.29, 1.82) is 0 Å². The lowest BCUT2D eigenvalue weighted by Crippen LogP contribution is -2.40. The Labute approximate surface area is 154 Å². The Hall–Kier alpha value is -1.49. The number of halogens is 2. The number of amides is 1. The number of likely N-dealkylation sites (tertiary alicyclic amines) is 1. The molecule has 1 unspecified atom stereocenters. The van der Waals surface area contributed by atoms with E-state index in [1.807, 2.05) is 49.1 Å². The molecule has 0 aliphatic carbocycles. The van der Waals surface area contributed by atoms with Crippen molar-refractivity contribution in [2.24, 2.45) is 5.73 Å². The van der Waals surface area contributed by atoms with E-state index in [0.29, 0.717) is 11.6 Å². The number of carbonyl (C=O) groups excluding carboxylic acids is 1. The van der Waals surface area contributed by atoms with Gasteiger partial charge in [-0.3, -0.25) is 4.79 Å². The Balaban J connectivity index is 0.00000208. The van der Waals surface area contributed by atoms with E-state index in [1.165, 1.54) is 0 Å². The highest BCUT2D eigenvalue weighted by molar-refractivity contribution is 6.30. The van der Waals surface area contributed by atoms with E-state index >= 15 is 0 Å². The van der Waals surface area contributed by atoms with Crippen LogP contribution in [0.15, 0.2) is 30.3 Å². The van der Waals surface area contributed by atoms with E-state index in [-0.39, 0.29) is 24.4 Å². The Morgan fingerprint density at radius 2 is 1.96 bits per heavy atom. The molecule has 1 aromatic carbocycles. The molecule has 1 amide bonds. The highest BCUT2D eigenvalue weighted by Gasteiger charge is 2.30. The summed E-state index contributed by atoms with van der Waals surface area (Å²) in [5.74, 6) is 0.0891. The largest absolute Gasteiger partial charge is 0.334 e. The molecule has 2 heterocycles. The quantitative estimate of drug-likeness (QED) is 0.898. The van der Waals surface area contributed by atoms with Crippen LogP contribution >= 0.6 is 24.0 Å². The van der Waals surface area contributed by atoms with E-state index < -0.39 is 0 Å². The zero-order valence-corrected chi connectivity index (χ0v) is 15.5. The van der Waals surface area contributed by atoms with Gasteiger partial charge in [-0.1, -0.05) is 11.6 Å². The van der Waals surface area contributed by atoms with Crippen molar-refractivity contribution in [1.82, 2.24) is 9.47 Å². The van der Waals surface area contributed by atoms with Crippen LogP contribution in [0.3, 0.4) is 0 Å². The molecule has 6 heteroatoms. The number of aryl methyl sites for hydroxylation is 1. The summed E-state index contributed by atoms with van der Waals surface area (Å²) < 4.78 is 2.09. The summed E-state index contributed by atoms with van der Waals surface area (Å²) in [7, 11) is 0. The molecule has 0 bridgehead atoms. The first kappa shape index (κ1) is 18.8. The third kappa shape index (κ3) is 3.32. The Kier molecular flexibility index (Phi) is 5.97. The van der Waals surface area contributed by atoms with E-state index in [2.05, 4.69) is 4.57 Å². The molecule has 1 aliphatic heterocycles. The summed E-state index contributed by atoms with van der Waals surface area (Å²) >= 11 is 5.97. The number of hydrogen-bond acceptors (Lipinski definition) is 2. The highest BCUT2D eigenvalue weighted by Crippen LogP contribution is 2.26. The minimum Gasteiger partial charge on any atom is -0.334 e. The second-order valence-corrected chi connectivity index (χ2v) is 6.56. The zero-order chi connectivity index (χ0) is 16.6. The molecule has 0 spiro atoms. The monoisotopic (exact) mass is 367 g/mol. The number of nitrogens with zero attached hydrogens (tertiary/aromatic N) is 2. The van der Waals surface area contributed by atoms with Gasteiger partial charge in [-0.25, -0.2) is 0 Å². The maximum absolute atomic E-state index is 12.9. The normalized spacial score (nSPS) is 17.0. The fraction of sp³-hybridized carbons (Fsp3) is 0.389. The van der Waals surface area contributed by atoms with Crippen LogP contribution in [-0.4, -0.2) is 34.5 Å². The lowest BCUT2D eigenvalue weighted by atomic mass is 10.2. The maximum Gasteiger partial charge on any atom is 0.255 e. The van der Waals surface area contributed by atoms with Crippen molar-refractivity contribution in [2.75, 3.05) is 13.1 Å². The topological polar surface area (TPSA) is 51.3 Å². The number of benzene rings is 1. The van der Waals surface area contributed by atoms with Gasteiger partial charge >= 0.3 is 0 Å². The van der Waals surface area contributed by atoms with Crippen LogP contribution in [0.2, 0.25) is 5.02 Å². The summed E-state index contributed by atoms with van der Waals surface area (Å²) in [6.45, 7) is 5.33. The van der Waals surface area contributed by atoms with E-state index in [0.717, 1.165) is 42.0 Å². The number of aromatic nitrogens is 1. The van der Waals surface area contributed by atoms with Crippen LogP contribution in [0.25, 0.3) is 5.69 Å². The molecular formula is C18H23Cl2N3O. The molecule has 4 nitrogen and oxygen atoms in total. The average molecular weight is 368 g/mol. The van der Waals surface area contributed by atoms with E-state index in [1.54, 1.807) is 0 Å². The first-order valence-corrected chi connectivity index (χ1v) is 8.36. The highest BCUT2D eigenvalue weighted by atomic mass is 35.5. The fourth-order valence-corrected chi connectivity index (χ4v) is 3.60. The number of rotatable bonds is 3. The average Bonchev–Trinajstić information content (AvgIpc) is 3.12. The maximum atomic E-state index is 12.9. The van der Waals surface area contributed by atoms with Crippen LogP contribution in [0, 0.1) is 13.8 Å². The summed E-state index contributed by atoms with van der Waals surface area (Å²) in [6.07, 6.45) is 2.03. The SMILES string of the molecule is Cc1cc(C(=O)N2CCCC2CN)c(C)n1-c1ccc(Cl)cc1.Cl. The van der Waals surface area contributed by atoms with Gasteiger partial charge in [-0.15, -0.1) is 12.4 Å². The van der Waals surface area contributed by atoms with Crippen molar-refractivity contribution in [3.05, 3.63) is 52.3 Å². The van der Waals surface area contributed by atoms with Gasteiger partial charge in [0.05, 0.1) is 5.56 Å². The van der Waals surface area contributed by atoms with Gasteiger partial charge in [0.15, 0.2) is 0 Å². The van der Waals surface area contributed by atoms with Gasteiger partial charge in [0, 0.05) is 41.2 Å². The minimum absolute atomic E-state index is 0. The molecule has 2 aromatic rings. The molecular weight excluding hydrogens is 345 g/mol. The van der Waals surface area contributed by atoms with Gasteiger partial charge < -0.3 is 15.2 Å². The summed E-state index contributed by atoms with van der Waals surface area (Å²) in [6, 6.07) is 9.80. The molecule has 0 saturated carbocycles. The van der Waals surface area contributed by atoms with Crippen molar-refractivity contribution in [3.8, 4) is 5.69 Å². The van der Waals surface area contributed by atoms with Gasteiger partial charge in [0.1, 0.15) is 0 Å². The molecule has 24 heavy (non-hydrogen) atoms. The number of nitrogens with two attached hydrogens (primary N) is 1. The zero-order valence-electron chi connectivity index (χ0n) is 14.0. The first-order chi connectivity index (χ1) is 11.0. The number of carbonyl (C=O) groups is 1. The summed E-state index contributed by atoms with van der Waals surface area (Å²) in [5, 5.41) is 0.704. The summed E-state index contributed by atoms with van der Waals surface area (Å²) in [4.78, 5) is 14.8. The molecule has 1 aliphatic rings. The van der Waals surface area contributed by atoms with Crippen LogP contribution in [0.4, 0.5) is 0 Å². The molecule has 0 radical (unpaired) electrons. The third-order valence-electron chi connectivity index (χ3n) is 4.66. The van der Waals surface area contributed by atoms with Crippen molar-refractivity contribution in [2.45, 2.75) is 32.7 Å². The lowest BCUT2D eigenvalue weighted by molar-refractivity contribution is 0.0740. The smallest absolute Gasteiger partial charge is 0.255 e. The summed E-state index contributed by atoms with van der Waals surface area (Å²) in [5.41, 5.74) is 9.58. The van der Waals surface area contributed by atoms with Crippen molar-refractivity contribution in [3.63, 3.8) is 0 Å². The molecule has 1 fully saturated rings. The van der Waals surface area contributed by atoms with E-state index in [9.17, 15) is 4.79 Å². The molecule has 1 saturated heterocycles. The van der Waals surface area contributed by atoms with Crippen LogP contribution in [0.5, 0.6) is 0 Å². The Morgan fingerprint density at radius 1 is 1.29 bits per heavy atom. The van der Waals surface area contributed by atoms with Crippen molar-refractivity contribution < 1.29 is 4.79 Å². The van der Waals surface area contributed by atoms with Crippen molar-refractivity contribution >= 4 is 29.9 Å². The second-order valence-electron chi connectivity index (χ2n) is 6.13.